The summed E-state index contributed by atoms with van der Waals surface area (Å²) in [4.78, 5) is 12.5. The molecule has 156 valence electrons. The number of esters is 1. The molecule has 2 rings (SSSR count). The fourth-order valence-electron chi connectivity index (χ4n) is 2.25. The van der Waals surface area contributed by atoms with Gasteiger partial charge in [0.1, 0.15) is 11.6 Å². The van der Waals surface area contributed by atoms with E-state index in [0.717, 1.165) is 11.1 Å². The van der Waals surface area contributed by atoms with Crippen molar-refractivity contribution in [1.82, 2.24) is 0 Å². The quantitative estimate of drug-likeness (QED) is 0.391. The molecular formula is C25H33NO3. The Morgan fingerprint density at radius 3 is 1.69 bits per heavy atom. The number of hydrogen-bond acceptors (Lipinski definition) is 4. The molecule has 0 saturated heterocycles. The van der Waals surface area contributed by atoms with Crippen molar-refractivity contribution in [1.29, 1.82) is 5.26 Å². The van der Waals surface area contributed by atoms with Crippen LogP contribution in [0.3, 0.4) is 0 Å². The van der Waals surface area contributed by atoms with E-state index < -0.39 is 11.4 Å². The first-order valence-corrected chi connectivity index (χ1v) is 10.0. The Bertz CT molecular complexity index is 746. The van der Waals surface area contributed by atoms with Gasteiger partial charge in [-0.25, -0.2) is 4.79 Å². The number of hydrogen-bond donors (Lipinski definition) is 1. The summed E-state index contributed by atoms with van der Waals surface area (Å²) in [5, 5.41) is 18.9. The Morgan fingerprint density at radius 1 is 0.931 bits per heavy atom. The van der Waals surface area contributed by atoms with Crippen molar-refractivity contribution in [2.24, 2.45) is 5.41 Å². The van der Waals surface area contributed by atoms with Crippen molar-refractivity contribution in [3.05, 3.63) is 77.4 Å². The predicted octanol–water partition coefficient (Wildman–Crippen LogP) is 5.63. The highest BCUT2D eigenvalue weighted by atomic mass is 16.5. The van der Waals surface area contributed by atoms with Crippen molar-refractivity contribution < 1.29 is 14.6 Å². The summed E-state index contributed by atoms with van der Waals surface area (Å²) in [5.74, 6) is -0.688. The molecule has 0 spiro atoms. The second kappa shape index (κ2) is 14.1. The molecular weight excluding hydrogens is 362 g/mol. The lowest BCUT2D eigenvalue weighted by Gasteiger charge is -2.21. The van der Waals surface area contributed by atoms with Gasteiger partial charge in [0, 0.05) is 11.0 Å². The number of carbonyl (C=O) groups excluding carboxylic acids is 1. The molecule has 0 aliphatic heterocycles. The van der Waals surface area contributed by atoms with E-state index in [1.807, 2.05) is 94.4 Å². The minimum atomic E-state index is -0.688. The molecule has 0 radical (unpaired) electrons. The third-order valence-electron chi connectivity index (χ3n) is 3.71. The van der Waals surface area contributed by atoms with E-state index in [-0.39, 0.29) is 18.8 Å². The summed E-state index contributed by atoms with van der Waals surface area (Å²) in [7, 11) is 0. The average molecular weight is 396 g/mol. The summed E-state index contributed by atoms with van der Waals surface area (Å²) in [6.45, 7) is 11.5. The number of nitrogens with zero attached hydrogens (tertiary/aromatic N) is 1. The van der Waals surface area contributed by atoms with Gasteiger partial charge in [-0.05, 0) is 11.1 Å². The van der Waals surface area contributed by atoms with Gasteiger partial charge >= 0.3 is 5.97 Å². The minimum absolute atomic E-state index is 0.0321. The molecule has 0 saturated carbocycles. The van der Waals surface area contributed by atoms with Gasteiger partial charge in [0.25, 0.3) is 0 Å². The number of aliphatic hydroxyl groups excluding tert-OH is 1. The number of aliphatic hydroxyl groups is 1. The maximum absolute atomic E-state index is 12.5. The zero-order valence-corrected chi connectivity index (χ0v) is 18.4. The highest BCUT2D eigenvalue weighted by Gasteiger charge is 2.24. The smallest absolute Gasteiger partial charge is 0.349 e. The van der Waals surface area contributed by atoms with Gasteiger partial charge in [-0.2, -0.15) is 5.26 Å². The van der Waals surface area contributed by atoms with E-state index >= 15 is 0 Å². The first kappa shape index (κ1) is 26.1. The van der Waals surface area contributed by atoms with Crippen molar-refractivity contribution >= 4 is 11.5 Å². The predicted molar refractivity (Wildman–Crippen MR) is 119 cm³/mol. The molecule has 0 atom stereocenters. The van der Waals surface area contributed by atoms with Crippen LogP contribution in [-0.4, -0.2) is 24.3 Å². The van der Waals surface area contributed by atoms with Gasteiger partial charge in [0.15, 0.2) is 0 Å². The van der Waals surface area contributed by atoms with Crippen LogP contribution in [0.2, 0.25) is 0 Å². The second-order valence-corrected chi connectivity index (χ2v) is 6.49. The summed E-state index contributed by atoms with van der Waals surface area (Å²) >= 11 is 0. The van der Waals surface area contributed by atoms with E-state index in [4.69, 9.17) is 4.74 Å². The molecule has 4 nitrogen and oxygen atoms in total. The Balaban J connectivity index is 0.00000184. The summed E-state index contributed by atoms with van der Waals surface area (Å²) < 4.78 is 5.30. The SMILES string of the molecule is CC.CC.CC(C)(CO)COC(=O)C(C#N)=C(c1ccccc1)c1ccccc1. The highest BCUT2D eigenvalue weighted by molar-refractivity contribution is 6.05. The molecule has 0 fully saturated rings. The summed E-state index contributed by atoms with van der Waals surface area (Å²) in [6.07, 6.45) is 0. The van der Waals surface area contributed by atoms with Crippen LogP contribution in [0, 0.1) is 16.7 Å². The van der Waals surface area contributed by atoms with Crippen LogP contribution < -0.4 is 0 Å². The summed E-state index contributed by atoms with van der Waals surface area (Å²) in [5.41, 5.74) is 1.46. The van der Waals surface area contributed by atoms with E-state index in [1.54, 1.807) is 13.8 Å². The monoisotopic (exact) mass is 395 g/mol. The fourth-order valence-corrected chi connectivity index (χ4v) is 2.25. The molecule has 2 aromatic carbocycles. The normalized spacial score (nSPS) is 9.59. The van der Waals surface area contributed by atoms with E-state index in [2.05, 4.69) is 0 Å². The molecule has 0 heterocycles. The Hall–Kier alpha value is -2.90. The van der Waals surface area contributed by atoms with Gasteiger partial charge < -0.3 is 9.84 Å². The van der Waals surface area contributed by atoms with Crippen LogP contribution in [-0.2, 0) is 9.53 Å². The van der Waals surface area contributed by atoms with Crippen molar-refractivity contribution in [2.75, 3.05) is 13.2 Å². The zero-order valence-electron chi connectivity index (χ0n) is 18.4. The first-order chi connectivity index (χ1) is 14.0. The van der Waals surface area contributed by atoms with Crippen LogP contribution in [0.15, 0.2) is 66.2 Å². The number of benzene rings is 2. The third kappa shape index (κ3) is 8.33. The van der Waals surface area contributed by atoms with Gasteiger partial charge in [0.2, 0.25) is 0 Å². The number of ether oxygens (including phenoxy) is 1. The van der Waals surface area contributed by atoms with Crippen molar-refractivity contribution in [2.45, 2.75) is 41.5 Å². The highest BCUT2D eigenvalue weighted by Crippen LogP contribution is 2.28. The van der Waals surface area contributed by atoms with Gasteiger partial charge in [-0.15, -0.1) is 0 Å². The molecule has 2 aromatic rings. The number of nitriles is 1. The Morgan fingerprint density at radius 2 is 1.34 bits per heavy atom. The van der Waals surface area contributed by atoms with E-state index in [1.165, 1.54) is 0 Å². The van der Waals surface area contributed by atoms with Crippen LogP contribution in [0.1, 0.15) is 52.7 Å². The number of carbonyl (C=O) groups is 1. The lowest BCUT2D eigenvalue weighted by Crippen LogP contribution is -2.26. The molecule has 1 N–H and O–H groups in total. The van der Waals surface area contributed by atoms with E-state index in [0.29, 0.717) is 5.57 Å². The first-order valence-electron chi connectivity index (χ1n) is 10.0. The van der Waals surface area contributed by atoms with Crippen molar-refractivity contribution in [3.63, 3.8) is 0 Å². The zero-order chi connectivity index (χ0) is 22.3. The third-order valence-corrected chi connectivity index (χ3v) is 3.71. The van der Waals surface area contributed by atoms with Crippen LogP contribution in [0.5, 0.6) is 0 Å². The Labute approximate surface area is 175 Å². The lowest BCUT2D eigenvalue weighted by atomic mass is 9.93. The van der Waals surface area contributed by atoms with Gasteiger partial charge in [0.05, 0.1) is 13.2 Å². The molecule has 0 aromatic heterocycles. The molecule has 0 bridgehead atoms. The average Bonchev–Trinajstić information content (AvgIpc) is 2.79. The summed E-state index contributed by atoms with van der Waals surface area (Å²) in [6, 6.07) is 20.6. The number of rotatable bonds is 6. The molecule has 0 aliphatic carbocycles. The van der Waals surface area contributed by atoms with Crippen LogP contribution in [0.25, 0.3) is 5.57 Å². The molecule has 29 heavy (non-hydrogen) atoms. The van der Waals surface area contributed by atoms with Gasteiger partial charge in [-0.1, -0.05) is 102 Å². The fraction of sp³-hybridized carbons (Fsp3) is 0.360. The minimum Gasteiger partial charge on any atom is -0.461 e. The van der Waals surface area contributed by atoms with E-state index in [9.17, 15) is 15.2 Å². The van der Waals surface area contributed by atoms with Crippen LogP contribution in [0.4, 0.5) is 0 Å². The molecule has 0 unspecified atom stereocenters. The standard InChI is InChI=1S/C21H21NO3.2C2H6/c1-21(2,14-23)15-25-20(24)18(13-22)19(16-9-5-3-6-10-16)17-11-7-4-8-12-17;2*1-2/h3-12,23H,14-15H2,1-2H3;2*1-2H3. The Kier molecular flexibility index (Phi) is 12.7. The molecule has 0 aliphatic rings. The maximum atomic E-state index is 12.5. The molecule has 4 heteroatoms. The topological polar surface area (TPSA) is 70.3 Å². The van der Waals surface area contributed by atoms with Gasteiger partial charge in [-0.3, -0.25) is 0 Å². The maximum Gasteiger partial charge on any atom is 0.349 e. The molecule has 0 amide bonds. The second-order valence-electron chi connectivity index (χ2n) is 6.49. The largest absolute Gasteiger partial charge is 0.461 e. The van der Waals surface area contributed by atoms with Crippen molar-refractivity contribution in [3.8, 4) is 6.07 Å². The lowest BCUT2D eigenvalue weighted by molar-refractivity contribution is -0.142. The van der Waals surface area contributed by atoms with Crippen LogP contribution >= 0.6 is 0 Å².